The van der Waals surface area contributed by atoms with E-state index in [2.05, 4.69) is 9.64 Å². The molecule has 1 aromatic rings. The van der Waals surface area contributed by atoms with Crippen molar-refractivity contribution in [2.45, 2.75) is 18.8 Å². The highest BCUT2D eigenvalue weighted by Gasteiger charge is 2.32. The summed E-state index contributed by atoms with van der Waals surface area (Å²) < 4.78 is 15.5. The number of hydrogen-bond donors (Lipinski definition) is 0. The first-order chi connectivity index (χ1) is 9.67. The summed E-state index contributed by atoms with van der Waals surface area (Å²) in [5.41, 5.74) is 1.73. The highest BCUT2D eigenvalue weighted by Crippen LogP contribution is 2.18. The Balaban J connectivity index is 1.96. The van der Waals surface area contributed by atoms with Gasteiger partial charge in [0.25, 0.3) is 0 Å². The molecule has 5 nitrogen and oxygen atoms in total. The van der Waals surface area contributed by atoms with Crippen molar-refractivity contribution in [2.24, 2.45) is 0 Å². The molecule has 0 amide bonds. The molecule has 0 bridgehead atoms. The Hall–Kier alpha value is -1.43. The first kappa shape index (κ1) is 15.0. The van der Waals surface area contributed by atoms with Gasteiger partial charge in [0.05, 0.1) is 24.9 Å². The molecule has 0 radical (unpaired) electrons. The normalized spacial score (nSPS) is 22.9. The predicted octanol–water partition coefficient (Wildman–Crippen LogP) is 1.32. The van der Waals surface area contributed by atoms with Crippen molar-refractivity contribution in [2.75, 3.05) is 34.4 Å². The average Bonchev–Trinajstić information content (AvgIpc) is 2.89. The van der Waals surface area contributed by atoms with Gasteiger partial charge >= 0.3 is 5.97 Å². The first-order valence-corrected chi connectivity index (χ1v) is 6.63. The van der Waals surface area contributed by atoms with Gasteiger partial charge < -0.3 is 14.2 Å². The van der Waals surface area contributed by atoms with E-state index in [1.807, 2.05) is 12.1 Å². The molecule has 110 valence electrons. The summed E-state index contributed by atoms with van der Waals surface area (Å²) in [4.78, 5) is 13.7. The van der Waals surface area contributed by atoms with Crippen LogP contribution in [0.15, 0.2) is 24.3 Å². The molecule has 0 spiro atoms. The van der Waals surface area contributed by atoms with Crippen molar-refractivity contribution in [3.63, 3.8) is 0 Å². The lowest BCUT2D eigenvalue weighted by Gasteiger charge is -2.15. The summed E-state index contributed by atoms with van der Waals surface area (Å²) in [7, 11) is 4.81. The van der Waals surface area contributed by atoms with Gasteiger partial charge in [-0.2, -0.15) is 0 Å². The van der Waals surface area contributed by atoms with Crippen LogP contribution in [0.1, 0.15) is 15.9 Å². The summed E-state index contributed by atoms with van der Waals surface area (Å²) >= 11 is 0. The van der Waals surface area contributed by atoms with E-state index in [0.717, 1.165) is 25.2 Å². The largest absolute Gasteiger partial charge is 0.465 e. The second kappa shape index (κ2) is 6.83. The molecule has 0 unspecified atom stereocenters. The third-order valence-electron chi connectivity index (χ3n) is 3.68. The smallest absolute Gasteiger partial charge is 0.337 e. The number of esters is 1. The van der Waals surface area contributed by atoms with E-state index < -0.39 is 0 Å². The number of benzene rings is 1. The van der Waals surface area contributed by atoms with Gasteiger partial charge in [0.2, 0.25) is 0 Å². The minimum atomic E-state index is -0.309. The number of rotatable bonds is 5. The molecule has 0 aliphatic carbocycles. The van der Waals surface area contributed by atoms with Crippen LogP contribution in [0.3, 0.4) is 0 Å². The van der Waals surface area contributed by atoms with Crippen LogP contribution in [0.25, 0.3) is 0 Å². The fourth-order valence-electron chi connectivity index (χ4n) is 2.52. The number of ether oxygens (including phenoxy) is 3. The molecule has 2 rings (SSSR count). The number of hydrogen-bond acceptors (Lipinski definition) is 5. The monoisotopic (exact) mass is 279 g/mol. The lowest BCUT2D eigenvalue weighted by Crippen LogP contribution is -2.27. The number of carbonyl (C=O) groups excluding carboxylic acids is 1. The molecule has 0 N–H and O–H groups in total. The van der Waals surface area contributed by atoms with E-state index in [0.29, 0.717) is 5.56 Å². The molecule has 0 aromatic heterocycles. The Kier molecular flexibility index (Phi) is 5.11. The molecule has 0 saturated carbocycles. The van der Waals surface area contributed by atoms with Crippen LogP contribution in [0, 0.1) is 0 Å². The lowest BCUT2D eigenvalue weighted by molar-refractivity contribution is -0.00461. The van der Waals surface area contributed by atoms with Crippen LogP contribution in [0.5, 0.6) is 0 Å². The van der Waals surface area contributed by atoms with E-state index in [1.54, 1.807) is 26.4 Å². The van der Waals surface area contributed by atoms with Crippen molar-refractivity contribution in [3.05, 3.63) is 35.4 Å². The van der Waals surface area contributed by atoms with Crippen LogP contribution in [0.2, 0.25) is 0 Å². The Morgan fingerprint density at radius 3 is 2.10 bits per heavy atom. The molecule has 1 saturated heterocycles. The van der Waals surface area contributed by atoms with Crippen LogP contribution >= 0.6 is 0 Å². The molecule has 1 aromatic carbocycles. The zero-order chi connectivity index (χ0) is 14.5. The number of methoxy groups -OCH3 is 3. The van der Waals surface area contributed by atoms with Crippen LogP contribution in [-0.2, 0) is 20.8 Å². The number of likely N-dealkylation sites (tertiary alicyclic amines) is 1. The topological polar surface area (TPSA) is 48.0 Å². The minimum Gasteiger partial charge on any atom is -0.465 e. The van der Waals surface area contributed by atoms with E-state index in [9.17, 15) is 4.79 Å². The molecule has 5 heteroatoms. The SMILES string of the molecule is COC(=O)c1ccc(CN2C[C@H](OC)[C@H](OC)C2)cc1. The third kappa shape index (κ3) is 3.36. The zero-order valence-corrected chi connectivity index (χ0v) is 12.2. The fourth-order valence-corrected chi connectivity index (χ4v) is 2.52. The molecule has 1 aliphatic heterocycles. The van der Waals surface area contributed by atoms with Crippen LogP contribution in [0.4, 0.5) is 0 Å². The Morgan fingerprint density at radius 1 is 1.10 bits per heavy atom. The second-order valence-electron chi connectivity index (χ2n) is 4.93. The van der Waals surface area contributed by atoms with Crippen molar-refractivity contribution in [3.8, 4) is 0 Å². The van der Waals surface area contributed by atoms with Crippen molar-refractivity contribution in [1.29, 1.82) is 0 Å². The van der Waals surface area contributed by atoms with Gasteiger partial charge in [-0.15, -0.1) is 0 Å². The maximum atomic E-state index is 11.4. The predicted molar refractivity (Wildman–Crippen MR) is 74.7 cm³/mol. The van der Waals surface area contributed by atoms with Crippen molar-refractivity contribution in [1.82, 2.24) is 4.90 Å². The van der Waals surface area contributed by atoms with Crippen LogP contribution < -0.4 is 0 Å². The summed E-state index contributed by atoms with van der Waals surface area (Å²) in [5, 5.41) is 0. The van der Waals surface area contributed by atoms with Gasteiger partial charge in [-0.05, 0) is 17.7 Å². The van der Waals surface area contributed by atoms with Gasteiger partial charge in [-0.1, -0.05) is 12.1 Å². The zero-order valence-electron chi connectivity index (χ0n) is 12.2. The minimum absolute atomic E-state index is 0.120. The third-order valence-corrected chi connectivity index (χ3v) is 3.68. The highest BCUT2D eigenvalue weighted by molar-refractivity contribution is 5.89. The van der Waals surface area contributed by atoms with Gasteiger partial charge in [-0.3, -0.25) is 4.90 Å². The Labute approximate surface area is 119 Å². The molecule has 20 heavy (non-hydrogen) atoms. The van der Waals surface area contributed by atoms with Crippen molar-refractivity contribution < 1.29 is 19.0 Å². The summed E-state index contributed by atoms with van der Waals surface area (Å²) in [6, 6.07) is 7.49. The molecule has 1 heterocycles. The van der Waals surface area contributed by atoms with Gasteiger partial charge in [0.1, 0.15) is 0 Å². The molecule has 2 atom stereocenters. The number of carbonyl (C=O) groups is 1. The molecule has 1 aliphatic rings. The quantitative estimate of drug-likeness (QED) is 0.761. The highest BCUT2D eigenvalue weighted by atomic mass is 16.5. The summed E-state index contributed by atoms with van der Waals surface area (Å²) in [6.07, 6.45) is 0.240. The van der Waals surface area contributed by atoms with E-state index >= 15 is 0 Å². The van der Waals surface area contributed by atoms with E-state index in [4.69, 9.17) is 9.47 Å². The van der Waals surface area contributed by atoms with Gasteiger partial charge in [-0.25, -0.2) is 4.79 Å². The lowest BCUT2D eigenvalue weighted by atomic mass is 10.1. The first-order valence-electron chi connectivity index (χ1n) is 6.63. The maximum Gasteiger partial charge on any atom is 0.337 e. The molecule has 1 fully saturated rings. The fraction of sp³-hybridized carbons (Fsp3) is 0.533. The average molecular weight is 279 g/mol. The molecular formula is C15H21NO4. The van der Waals surface area contributed by atoms with E-state index in [-0.39, 0.29) is 18.2 Å². The Morgan fingerprint density at radius 2 is 1.65 bits per heavy atom. The second-order valence-corrected chi connectivity index (χ2v) is 4.93. The van der Waals surface area contributed by atoms with E-state index in [1.165, 1.54) is 7.11 Å². The maximum absolute atomic E-state index is 11.4. The summed E-state index contributed by atoms with van der Waals surface area (Å²) in [5.74, 6) is -0.309. The van der Waals surface area contributed by atoms with Crippen molar-refractivity contribution >= 4 is 5.97 Å². The summed E-state index contributed by atoms with van der Waals surface area (Å²) in [6.45, 7) is 2.53. The van der Waals surface area contributed by atoms with Crippen LogP contribution in [-0.4, -0.2) is 57.5 Å². The Bertz CT molecular complexity index is 434. The molecular weight excluding hydrogens is 258 g/mol. The number of nitrogens with zero attached hydrogens (tertiary/aromatic N) is 1. The van der Waals surface area contributed by atoms with Gasteiger partial charge in [0, 0.05) is 33.9 Å². The van der Waals surface area contributed by atoms with Gasteiger partial charge in [0.15, 0.2) is 0 Å². The standard InChI is InChI=1S/C15H21NO4/c1-18-13-9-16(10-14(13)19-2)8-11-4-6-12(7-5-11)15(17)20-3/h4-7,13-14H,8-10H2,1-3H3/t13-,14+.